The highest BCUT2D eigenvalue weighted by atomic mass is 28.3. The minimum Gasteiger partial charge on any atom is -0.0623 e. The molecule has 0 saturated carbocycles. The van der Waals surface area contributed by atoms with E-state index in [1.165, 1.54) is 196 Å². The van der Waals surface area contributed by atoms with Crippen molar-refractivity contribution in [3.05, 3.63) is 362 Å². The monoisotopic (exact) mass is 1270 g/mol. The molecule has 0 unspecified atom stereocenters. The van der Waals surface area contributed by atoms with Crippen molar-refractivity contribution >= 4 is 115 Å². The first-order valence-corrected chi connectivity index (χ1v) is 37.1. The zero-order valence-electron chi connectivity index (χ0n) is 55.8. The zero-order valence-corrected chi connectivity index (χ0v) is 56.8. The number of rotatable bonds is 8. The number of hydrogen-bond donors (Lipinski definition) is 0. The first-order chi connectivity index (χ1) is 48.7. The summed E-state index contributed by atoms with van der Waals surface area (Å²) in [4.78, 5) is 0. The average Bonchev–Trinajstić information content (AvgIpc) is 1.61. The molecule has 99 heavy (non-hydrogen) atoms. The van der Waals surface area contributed by atoms with Gasteiger partial charge in [0.2, 0.25) is 0 Å². The van der Waals surface area contributed by atoms with E-state index in [0.29, 0.717) is 0 Å². The van der Waals surface area contributed by atoms with E-state index in [9.17, 15) is 0 Å². The first-order valence-electron chi connectivity index (χ1n) is 35.1. The molecule has 1 heteroatoms. The molecule has 0 heterocycles. The van der Waals surface area contributed by atoms with Crippen LogP contribution in [0.3, 0.4) is 0 Å². The Kier molecular flexibility index (Phi) is 12.6. The molecule has 2 aliphatic rings. The summed E-state index contributed by atoms with van der Waals surface area (Å²) < 4.78 is 0. The Labute approximate surface area is 578 Å². The van der Waals surface area contributed by atoms with Crippen LogP contribution in [0.5, 0.6) is 0 Å². The van der Waals surface area contributed by atoms with Crippen LogP contribution < -0.4 is 20.7 Å². The highest BCUT2D eigenvalue weighted by Crippen LogP contribution is 2.55. The maximum Gasteiger partial charge on any atom is 0.182 e. The van der Waals surface area contributed by atoms with Crippen molar-refractivity contribution < 1.29 is 0 Å². The van der Waals surface area contributed by atoms with E-state index in [2.05, 4.69) is 367 Å². The fourth-order valence-corrected chi connectivity index (χ4v) is 24.6. The second-order valence-corrected chi connectivity index (χ2v) is 32.4. The van der Waals surface area contributed by atoms with Gasteiger partial charge in [0.1, 0.15) is 0 Å². The fourth-order valence-electron chi connectivity index (χ4n) is 19.0. The summed E-state index contributed by atoms with van der Waals surface area (Å²) >= 11 is 0. The molecule has 0 nitrogen and oxygen atoms in total. The molecule has 2 aliphatic carbocycles. The minimum atomic E-state index is -3.61. The lowest BCUT2D eigenvalue weighted by atomic mass is 9.81. The molecule has 18 aromatic carbocycles. The Balaban J connectivity index is 0.890. The van der Waals surface area contributed by atoms with Crippen molar-refractivity contribution in [3.63, 3.8) is 0 Å². The van der Waals surface area contributed by atoms with Gasteiger partial charge in [0, 0.05) is 10.8 Å². The van der Waals surface area contributed by atoms with Crippen molar-refractivity contribution in [1.82, 2.24) is 0 Å². The van der Waals surface area contributed by atoms with Gasteiger partial charge in [-0.1, -0.05) is 355 Å². The summed E-state index contributed by atoms with van der Waals surface area (Å²) in [7, 11) is -3.61. The van der Waals surface area contributed by atoms with Gasteiger partial charge in [-0.2, -0.15) is 0 Å². The average molecular weight is 1270 g/mol. The van der Waals surface area contributed by atoms with Crippen LogP contribution in [-0.4, -0.2) is 8.07 Å². The van der Waals surface area contributed by atoms with Crippen molar-refractivity contribution in [3.8, 4) is 66.8 Å². The van der Waals surface area contributed by atoms with Gasteiger partial charge in [-0.3, -0.25) is 0 Å². The van der Waals surface area contributed by atoms with Crippen molar-refractivity contribution in [2.75, 3.05) is 0 Å². The Morgan fingerprint density at radius 1 is 0.182 bits per heavy atom. The van der Waals surface area contributed by atoms with E-state index in [-0.39, 0.29) is 10.8 Å². The molecule has 20 rings (SSSR count). The maximum atomic E-state index is 2.49. The third-order valence-corrected chi connectivity index (χ3v) is 28.1. The summed E-state index contributed by atoms with van der Waals surface area (Å²) in [6.07, 6.45) is 0. The lowest BCUT2D eigenvalue weighted by molar-refractivity contribution is 0.660. The van der Waals surface area contributed by atoms with E-state index < -0.39 is 8.07 Å². The van der Waals surface area contributed by atoms with Gasteiger partial charge >= 0.3 is 0 Å². The standard InChI is InChI=1S/C98H68Si/c1-97(2)85-53-29-27-35-65(85)83-59-61(55-57-87(83)97)89-67-37-11-15-41-71(67)91(72-42-16-12-38-68(72)89)93-75-45-19-23-49-79(75)95(80-50-24-20-46-76(80)93)99(63-31-7-5-8-32-63,64-33-9-6-10-34-64)96-81-51-25-21-47-77(81)94(78-48-22-26-52-82(78)96)92-73-43-17-13-39-69(73)90(70-40-14-18-44-74(70)92)62-56-58-88-84(60-62)66-36-28-30-54-86(66)98(88,3)4/h5-60H,1-4H3. The van der Waals surface area contributed by atoms with Gasteiger partial charge in [0.15, 0.2) is 8.07 Å². The van der Waals surface area contributed by atoms with Crippen LogP contribution in [0.2, 0.25) is 0 Å². The Morgan fingerprint density at radius 2 is 0.394 bits per heavy atom. The van der Waals surface area contributed by atoms with Gasteiger partial charge in [-0.15, -0.1) is 0 Å². The molecule has 0 N–H and O–H groups in total. The fraction of sp³-hybridized carbons (Fsp3) is 0.0612. The molecular weight excluding hydrogens is 1210 g/mol. The second-order valence-electron chi connectivity index (χ2n) is 28.7. The normalized spacial score (nSPS) is 13.6. The van der Waals surface area contributed by atoms with Crippen molar-refractivity contribution in [1.29, 1.82) is 0 Å². The molecule has 464 valence electrons. The third kappa shape index (κ3) is 8.02. The predicted octanol–water partition coefficient (Wildman–Crippen LogP) is 23.6. The van der Waals surface area contributed by atoms with Gasteiger partial charge in [0.05, 0.1) is 0 Å². The van der Waals surface area contributed by atoms with Gasteiger partial charge in [-0.05, 0) is 208 Å². The largest absolute Gasteiger partial charge is 0.182 e. The van der Waals surface area contributed by atoms with Crippen LogP contribution in [0.4, 0.5) is 0 Å². The quantitative estimate of drug-likeness (QED) is 0.0808. The Hall–Kier alpha value is -11.7. The van der Waals surface area contributed by atoms with Gasteiger partial charge < -0.3 is 0 Å². The SMILES string of the molecule is CC1(C)c2ccccc2-c2cc(-c3c4ccccc4c(-c4c5ccccc5c([Si](c5ccccc5)(c5ccccc5)c5c6ccccc6c(-c6c7ccccc7c(-c7ccc8c(c7)-c7ccccc7C8(C)C)c7ccccc67)c6ccccc56)c5ccccc45)c4ccccc34)ccc21. The Morgan fingerprint density at radius 3 is 0.677 bits per heavy atom. The minimum absolute atomic E-state index is 0.0908. The van der Waals surface area contributed by atoms with E-state index in [1.807, 2.05) is 0 Å². The zero-order chi connectivity index (χ0) is 65.9. The predicted molar refractivity (Wildman–Crippen MR) is 427 cm³/mol. The van der Waals surface area contributed by atoms with Crippen LogP contribution in [-0.2, 0) is 10.8 Å². The summed E-state index contributed by atoms with van der Waals surface area (Å²) in [5.41, 5.74) is 20.8. The van der Waals surface area contributed by atoms with E-state index >= 15 is 0 Å². The Bertz CT molecular complexity index is 5840. The molecule has 18 aromatic rings. The third-order valence-electron chi connectivity index (χ3n) is 23.1. The van der Waals surface area contributed by atoms with E-state index in [1.54, 1.807) is 0 Å². The van der Waals surface area contributed by atoms with E-state index in [4.69, 9.17) is 0 Å². The van der Waals surface area contributed by atoms with E-state index in [0.717, 1.165) is 0 Å². The number of benzene rings is 18. The van der Waals surface area contributed by atoms with Crippen LogP contribution in [0.25, 0.3) is 153 Å². The van der Waals surface area contributed by atoms with Gasteiger partial charge in [0.25, 0.3) is 0 Å². The lowest BCUT2D eigenvalue weighted by Crippen LogP contribution is -2.75. The summed E-state index contributed by atoms with van der Waals surface area (Å²) in [5, 5.41) is 25.5. The molecule has 0 atom stereocenters. The summed E-state index contributed by atoms with van der Waals surface area (Å²) in [6, 6.07) is 131. The first kappa shape index (κ1) is 57.5. The maximum absolute atomic E-state index is 3.61. The smallest absolute Gasteiger partial charge is 0.0623 e. The molecule has 0 saturated heterocycles. The van der Waals surface area contributed by atoms with Crippen molar-refractivity contribution in [2.24, 2.45) is 0 Å². The molecule has 0 fully saturated rings. The summed E-state index contributed by atoms with van der Waals surface area (Å²) in [5.74, 6) is 0. The highest BCUT2D eigenvalue weighted by Gasteiger charge is 2.47. The van der Waals surface area contributed by atoms with Crippen LogP contribution in [0.15, 0.2) is 340 Å². The van der Waals surface area contributed by atoms with Crippen molar-refractivity contribution in [2.45, 2.75) is 38.5 Å². The molecule has 0 aliphatic heterocycles. The molecule has 0 spiro atoms. The topological polar surface area (TPSA) is 0 Å². The molecule has 0 bridgehead atoms. The number of fused-ring (bicyclic) bond motifs is 14. The van der Waals surface area contributed by atoms with Crippen LogP contribution >= 0.6 is 0 Å². The second kappa shape index (κ2) is 21.6. The number of hydrogen-bond acceptors (Lipinski definition) is 0. The van der Waals surface area contributed by atoms with Crippen LogP contribution in [0, 0.1) is 0 Å². The lowest BCUT2D eigenvalue weighted by Gasteiger charge is -2.39. The highest BCUT2D eigenvalue weighted by molar-refractivity contribution is 7.23. The van der Waals surface area contributed by atoms with Crippen LogP contribution in [0.1, 0.15) is 49.9 Å². The van der Waals surface area contributed by atoms with Gasteiger partial charge in [-0.25, -0.2) is 0 Å². The molecule has 0 radical (unpaired) electrons. The summed E-state index contributed by atoms with van der Waals surface area (Å²) in [6.45, 7) is 9.51. The molecule has 0 amide bonds. The molecule has 0 aromatic heterocycles. The molecular formula is C98H68Si.